The normalized spacial score (nSPS) is 14.0. The Bertz CT molecular complexity index is 928. The molecule has 2 N–H and O–H groups in total. The number of rotatable bonds is 7. The molecule has 28 heavy (non-hydrogen) atoms. The van der Waals surface area contributed by atoms with E-state index in [4.69, 9.17) is 15.2 Å². The van der Waals surface area contributed by atoms with Crippen molar-refractivity contribution >= 4 is 23.5 Å². The SMILES string of the molecule is CCN(CC)c1ccc(/C=C2\Oc3c(ccc(OCC(N)=O)c3C)C2=O)cc1. The Balaban J connectivity index is 1.83. The highest BCUT2D eigenvalue weighted by molar-refractivity contribution is 6.15. The second kappa shape index (κ2) is 8.17. The third-order valence-electron chi connectivity index (χ3n) is 4.73. The van der Waals surface area contributed by atoms with Crippen LogP contribution in [0.2, 0.25) is 0 Å². The molecule has 146 valence electrons. The standard InChI is InChI=1S/C22H24N2O4/c1-4-24(5-2)16-8-6-15(7-9-16)12-19-21(26)17-10-11-18(27-13-20(23)25)14(3)22(17)28-19/h6-12H,4-5,13H2,1-3H3,(H2,23,25)/b19-12-. The summed E-state index contributed by atoms with van der Waals surface area (Å²) in [6.07, 6.45) is 1.73. The van der Waals surface area contributed by atoms with E-state index in [9.17, 15) is 9.59 Å². The van der Waals surface area contributed by atoms with Gasteiger partial charge in [-0.05, 0) is 56.7 Å². The summed E-state index contributed by atoms with van der Waals surface area (Å²) in [5, 5.41) is 0. The molecule has 0 aliphatic carbocycles. The molecule has 3 rings (SSSR count). The number of fused-ring (bicyclic) bond motifs is 1. The molecule has 0 unspecified atom stereocenters. The molecule has 6 heteroatoms. The quantitative estimate of drug-likeness (QED) is 0.745. The van der Waals surface area contributed by atoms with Crippen LogP contribution in [0.25, 0.3) is 6.08 Å². The molecule has 0 aromatic heterocycles. The minimum Gasteiger partial charge on any atom is -0.483 e. The van der Waals surface area contributed by atoms with Crippen LogP contribution in [0.5, 0.6) is 11.5 Å². The van der Waals surface area contributed by atoms with Crippen LogP contribution in [0.15, 0.2) is 42.2 Å². The lowest BCUT2D eigenvalue weighted by Gasteiger charge is -2.20. The summed E-state index contributed by atoms with van der Waals surface area (Å²) in [4.78, 5) is 25.9. The molecule has 0 saturated heterocycles. The Kier molecular flexibility index (Phi) is 5.68. The van der Waals surface area contributed by atoms with Crippen LogP contribution in [-0.2, 0) is 4.79 Å². The summed E-state index contributed by atoms with van der Waals surface area (Å²) >= 11 is 0. The van der Waals surface area contributed by atoms with Crippen LogP contribution >= 0.6 is 0 Å². The summed E-state index contributed by atoms with van der Waals surface area (Å²) in [6.45, 7) is 7.66. The number of carbonyl (C=O) groups is 2. The number of primary amides is 1. The maximum absolute atomic E-state index is 12.7. The number of ether oxygens (including phenoxy) is 2. The van der Waals surface area contributed by atoms with Gasteiger partial charge in [0.15, 0.2) is 12.4 Å². The number of amides is 1. The predicted molar refractivity (Wildman–Crippen MR) is 109 cm³/mol. The fourth-order valence-corrected chi connectivity index (χ4v) is 3.19. The van der Waals surface area contributed by atoms with E-state index in [0.717, 1.165) is 24.3 Å². The first-order chi connectivity index (χ1) is 13.4. The molecule has 1 heterocycles. The molecule has 1 aliphatic rings. The van der Waals surface area contributed by atoms with Gasteiger partial charge in [-0.3, -0.25) is 9.59 Å². The van der Waals surface area contributed by atoms with Crippen molar-refractivity contribution in [3.05, 3.63) is 58.8 Å². The van der Waals surface area contributed by atoms with E-state index in [1.807, 2.05) is 24.3 Å². The number of nitrogens with zero attached hydrogens (tertiary/aromatic N) is 1. The van der Waals surface area contributed by atoms with Crippen molar-refractivity contribution in [2.45, 2.75) is 20.8 Å². The van der Waals surface area contributed by atoms with Gasteiger partial charge < -0.3 is 20.1 Å². The number of Topliss-reactive ketones (excluding diaryl/α,β-unsaturated/α-hetero) is 1. The fraction of sp³-hybridized carbons (Fsp3) is 0.273. The Morgan fingerprint density at radius 2 is 1.82 bits per heavy atom. The lowest BCUT2D eigenvalue weighted by molar-refractivity contribution is -0.119. The number of carbonyl (C=O) groups excluding carboxylic acids is 2. The smallest absolute Gasteiger partial charge is 0.255 e. The zero-order valence-corrected chi connectivity index (χ0v) is 16.3. The fourth-order valence-electron chi connectivity index (χ4n) is 3.19. The third-order valence-corrected chi connectivity index (χ3v) is 4.73. The monoisotopic (exact) mass is 380 g/mol. The summed E-state index contributed by atoms with van der Waals surface area (Å²) < 4.78 is 11.2. The number of ketones is 1. The molecule has 0 fully saturated rings. The number of hydrogen-bond acceptors (Lipinski definition) is 5. The van der Waals surface area contributed by atoms with E-state index < -0.39 is 5.91 Å². The first-order valence-electron chi connectivity index (χ1n) is 9.28. The van der Waals surface area contributed by atoms with Crippen molar-refractivity contribution in [2.24, 2.45) is 5.73 Å². The van der Waals surface area contributed by atoms with Crippen LogP contribution in [0.1, 0.15) is 35.3 Å². The van der Waals surface area contributed by atoms with Gasteiger partial charge in [0.05, 0.1) is 5.56 Å². The van der Waals surface area contributed by atoms with Crippen molar-refractivity contribution in [1.29, 1.82) is 0 Å². The second-order valence-corrected chi connectivity index (χ2v) is 6.52. The van der Waals surface area contributed by atoms with Crippen molar-refractivity contribution in [3.8, 4) is 11.5 Å². The zero-order valence-electron chi connectivity index (χ0n) is 16.3. The van der Waals surface area contributed by atoms with Gasteiger partial charge in [0.2, 0.25) is 5.78 Å². The van der Waals surface area contributed by atoms with Gasteiger partial charge in [-0.2, -0.15) is 0 Å². The lowest BCUT2D eigenvalue weighted by Crippen LogP contribution is -2.21. The molecule has 1 amide bonds. The van der Waals surface area contributed by atoms with Crippen LogP contribution in [0.4, 0.5) is 5.69 Å². The van der Waals surface area contributed by atoms with E-state index in [1.54, 1.807) is 25.1 Å². The molecule has 2 aromatic rings. The highest BCUT2D eigenvalue weighted by Crippen LogP contribution is 2.39. The molecular weight excluding hydrogens is 356 g/mol. The number of nitrogens with two attached hydrogens (primary N) is 1. The Morgan fingerprint density at radius 1 is 1.14 bits per heavy atom. The highest BCUT2D eigenvalue weighted by Gasteiger charge is 2.30. The Morgan fingerprint density at radius 3 is 2.43 bits per heavy atom. The molecular formula is C22H24N2O4. The van der Waals surface area contributed by atoms with E-state index in [0.29, 0.717) is 22.6 Å². The summed E-state index contributed by atoms with van der Waals surface area (Å²) in [6, 6.07) is 11.3. The van der Waals surface area contributed by atoms with E-state index in [-0.39, 0.29) is 18.1 Å². The van der Waals surface area contributed by atoms with E-state index in [2.05, 4.69) is 18.7 Å². The van der Waals surface area contributed by atoms with Crippen LogP contribution < -0.4 is 20.1 Å². The predicted octanol–water partition coefficient (Wildman–Crippen LogP) is 3.32. The third kappa shape index (κ3) is 3.86. The van der Waals surface area contributed by atoms with Gasteiger partial charge in [0.1, 0.15) is 11.5 Å². The first-order valence-corrected chi connectivity index (χ1v) is 9.28. The average Bonchev–Trinajstić information content (AvgIpc) is 3.00. The molecule has 0 bridgehead atoms. The van der Waals surface area contributed by atoms with E-state index in [1.165, 1.54) is 0 Å². The van der Waals surface area contributed by atoms with Crippen LogP contribution in [-0.4, -0.2) is 31.4 Å². The molecule has 2 aromatic carbocycles. The maximum Gasteiger partial charge on any atom is 0.255 e. The number of hydrogen-bond donors (Lipinski definition) is 1. The molecule has 0 saturated carbocycles. The first kappa shape index (κ1) is 19.5. The minimum atomic E-state index is -0.564. The molecule has 0 radical (unpaired) electrons. The summed E-state index contributed by atoms with van der Waals surface area (Å²) in [5.41, 5.74) is 8.28. The van der Waals surface area contributed by atoms with Gasteiger partial charge in [-0.25, -0.2) is 0 Å². The van der Waals surface area contributed by atoms with Gasteiger partial charge in [0, 0.05) is 24.3 Å². The van der Waals surface area contributed by atoms with Crippen molar-refractivity contribution in [1.82, 2.24) is 0 Å². The van der Waals surface area contributed by atoms with Gasteiger partial charge in [-0.1, -0.05) is 12.1 Å². The maximum atomic E-state index is 12.7. The lowest BCUT2D eigenvalue weighted by atomic mass is 10.1. The average molecular weight is 380 g/mol. The minimum absolute atomic E-state index is 0.174. The van der Waals surface area contributed by atoms with Crippen LogP contribution in [0.3, 0.4) is 0 Å². The molecule has 0 atom stereocenters. The highest BCUT2D eigenvalue weighted by atomic mass is 16.5. The number of benzene rings is 2. The topological polar surface area (TPSA) is 81.9 Å². The van der Waals surface area contributed by atoms with Gasteiger partial charge >= 0.3 is 0 Å². The number of allylic oxidation sites excluding steroid dienone is 1. The van der Waals surface area contributed by atoms with Gasteiger partial charge in [0.25, 0.3) is 5.91 Å². The molecule has 6 nitrogen and oxygen atoms in total. The second-order valence-electron chi connectivity index (χ2n) is 6.52. The summed E-state index contributed by atoms with van der Waals surface area (Å²) in [5.74, 6) is 0.451. The van der Waals surface area contributed by atoms with Crippen molar-refractivity contribution in [3.63, 3.8) is 0 Å². The van der Waals surface area contributed by atoms with Crippen molar-refractivity contribution in [2.75, 3.05) is 24.6 Å². The van der Waals surface area contributed by atoms with Crippen LogP contribution in [0, 0.1) is 6.92 Å². The van der Waals surface area contributed by atoms with E-state index >= 15 is 0 Å². The van der Waals surface area contributed by atoms with Gasteiger partial charge in [-0.15, -0.1) is 0 Å². The van der Waals surface area contributed by atoms with Crippen molar-refractivity contribution < 1.29 is 19.1 Å². The Hall–Kier alpha value is -3.28. The zero-order chi connectivity index (χ0) is 20.3. The molecule has 0 spiro atoms. The Labute approximate surface area is 164 Å². The number of anilines is 1. The largest absolute Gasteiger partial charge is 0.483 e. The molecule has 1 aliphatic heterocycles. The summed E-state index contributed by atoms with van der Waals surface area (Å²) in [7, 11) is 0.